The topological polar surface area (TPSA) is 68.9 Å². The Hall–Kier alpha value is -2.56. The lowest BCUT2D eigenvalue weighted by atomic mass is 9.99. The summed E-state index contributed by atoms with van der Waals surface area (Å²) in [6, 6.07) is 1.41. The summed E-state index contributed by atoms with van der Waals surface area (Å²) in [7, 11) is 0. The Morgan fingerprint density at radius 3 is 2.83 bits per heavy atom. The molecule has 0 aliphatic heterocycles. The predicted octanol–water partition coefficient (Wildman–Crippen LogP) is 2.62. The van der Waals surface area contributed by atoms with Gasteiger partial charge in [-0.2, -0.15) is 0 Å². The number of hydrogen-bond donors (Lipinski definition) is 0. The molecule has 2 aromatic heterocycles. The number of pyridine rings is 2. The Morgan fingerprint density at radius 2 is 2.00 bits per heavy atom. The van der Waals surface area contributed by atoms with Crippen molar-refractivity contribution < 1.29 is 4.92 Å². The summed E-state index contributed by atoms with van der Waals surface area (Å²) >= 11 is 0. The smallest absolute Gasteiger partial charge is 0.264 e. The van der Waals surface area contributed by atoms with E-state index in [1.807, 2.05) is 12.2 Å². The van der Waals surface area contributed by atoms with Gasteiger partial charge in [-0.1, -0.05) is 12.2 Å². The van der Waals surface area contributed by atoms with Crippen molar-refractivity contribution in [2.45, 2.75) is 6.42 Å². The van der Waals surface area contributed by atoms with Crippen LogP contribution in [0.25, 0.3) is 17.2 Å². The quantitative estimate of drug-likeness (QED) is 0.596. The van der Waals surface area contributed by atoms with Gasteiger partial charge in [0.2, 0.25) is 0 Å². The van der Waals surface area contributed by atoms with Gasteiger partial charge >= 0.3 is 0 Å². The Balaban J connectivity index is 2.23. The SMILES string of the molecule is O=[N+]([O-])c1ccncc1-c1cncc2c1CC=C2. The molecule has 88 valence electrons. The Labute approximate surface area is 103 Å². The molecule has 0 saturated heterocycles. The molecule has 5 nitrogen and oxygen atoms in total. The van der Waals surface area contributed by atoms with Crippen LogP contribution in [-0.4, -0.2) is 14.9 Å². The van der Waals surface area contributed by atoms with E-state index in [0.717, 1.165) is 23.1 Å². The highest BCUT2D eigenvalue weighted by molar-refractivity contribution is 5.79. The zero-order valence-electron chi connectivity index (χ0n) is 9.41. The molecule has 0 N–H and O–H groups in total. The van der Waals surface area contributed by atoms with Gasteiger partial charge in [0.25, 0.3) is 5.69 Å². The summed E-state index contributed by atoms with van der Waals surface area (Å²) in [5.41, 5.74) is 3.46. The highest BCUT2D eigenvalue weighted by atomic mass is 16.6. The van der Waals surface area contributed by atoms with Gasteiger partial charge in [-0.25, -0.2) is 0 Å². The summed E-state index contributed by atoms with van der Waals surface area (Å²) in [4.78, 5) is 18.8. The van der Waals surface area contributed by atoms with Crippen molar-refractivity contribution in [3.8, 4) is 11.1 Å². The number of nitrogens with zero attached hydrogens (tertiary/aromatic N) is 3. The minimum absolute atomic E-state index is 0.0621. The molecule has 0 aromatic carbocycles. The monoisotopic (exact) mass is 239 g/mol. The van der Waals surface area contributed by atoms with Crippen LogP contribution in [0.2, 0.25) is 0 Å². The number of fused-ring (bicyclic) bond motifs is 1. The number of allylic oxidation sites excluding steroid dienone is 1. The number of rotatable bonds is 2. The van der Waals surface area contributed by atoms with E-state index >= 15 is 0 Å². The van der Waals surface area contributed by atoms with Crippen LogP contribution in [0.5, 0.6) is 0 Å². The number of hydrogen-bond acceptors (Lipinski definition) is 4. The fourth-order valence-electron chi connectivity index (χ4n) is 2.16. The molecule has 0 unspecified atom stereocenters. The Morgan fingerprint density at radius 1 is 1.17 bits per heavy atom. The van der Waals surface area contributed by atoms with E-state index in [9.17, 15) is 10.1 Å². The molecule has 0 radical (unpaired) electrons. The molecular formula is C13H9N3O2. The summed E-state index contributed by atoms with van der Waals surface area (Å²) in [5.74, 6) is 0. The van der Waals surface area contributed by atoms with Crippen LogP contribution in [0.15, 0.2) is 36.9 Å². The molecule has 1 aliphatic carbocycles. The molecule has 2 heterocycles. The zero-order chi connectivity index (χ0) is 12.5. The number of aromatic nitrogens is 2. The molecule has 0 bridgehead atoms. The van der Waals surface area contributed by atoms with Gasteiger partial charge in [-0.3, -0.25) is 20.1 Å². The Kier molecular flexibility index (Phi) is 2.37. The van der Waals surface area contributed by atoms with Crippen LogP contribution in [0.3, 0.4) is 0 Å². The Bertz CT molecular complexity index is 665. The van der Waals surface area contributed by atoms with E-state index in [-0.39, 0.29) is 5.69 Å². The van der Waals surface area contributed by atoms with E-state index in [1.165, 1.54) is 18.5 Å². The van der Waals surface area contributed by atoms with Crippen LogP contribution in [-0.2, 0) is 6.42 Å². The molecule has 0 amide bonds. The second kappa shape index (κ2) is 4.03. The zero-order valence-corrected chi connectivity index (χ0v) is 9.41. The van der Waals surface area contributed by atoms with E-state index in [4.69, 9.17) is 0 Å². The number of nitro groups is 1. The average Bonchev–Trinajstić information content (AvgIpc) is 2.86. The van der Waals surface area contributed by atoms with Crippen LogP contribution in [0.4, 0.5) is 5.69 Å². The molecule has 5 heteroatoms. The fraction of sp³-hybridized carbons (Fsp3) is 0.0769. The third-order valence-electron chi connectivity index (χ3n) is 3.00. The van der Waals surface area contributed by atoms with Crippen LogP contribution in [0.1, 0.15) is 11.1 Å². The van der Waals surface area contributed by atoms with Gasteiger partial charge in [-0.15, -0.1) is 0 Å². The van der Waals surface area contributed by atoms with Crippen molar-refractivity contribution in [3.05, 3.63) is 58.2 Å². The molecule has 0 fully saturated rings. The van der Waals surface area contributed by atoms with Gasteiger partial charge in [0.05, 0.1) is 10.5 Å². The van der Waals surface area contributed by atoms with E-state index in [2.05, 4.69) is 9.97 Å². The van der Waals surface area contributed by atoms with Gasteiger partial charge in [-0.05, 0) is 17.5 Å². The van der Waals surface area contributed by atoms with E-state index in [0.29, 0.717) is 5.56 Å². The second-order valence-corrected chi connectivity index (χ2v) is 4.01. The van der Waals surface area contributed by atoms with E-state index < -0.39 is 4.92 Å². The minimum Gasteiger partial charge on any atom is -0.264 e. The van der Waals surface area contributed by atoms with Gasteiger partial charge in [0.1, 0.15) is 0 Å². The molecule has 1 aliphatic rings. The molecule has 2 aromatic rings. The van der Waals surface area contributed by atoms with Gasteiger partial charge < -0.3 is 0 Å². The fourth-order valence-corrected chi connectivity index (χ4v) is 2.16. The maximum absolute atomic E-state index is 11.0. The molecule has 0 atom stereocenters. The summed E-state index contributed by atoms with van der Waals surface area (Å²) < 4.78 is 0. The molecule has 0 saturated carbocycles. The highest BCUT2D eigenvalue weighted by Gasteiger charge is 2.20. The lowest BCUT2D eigenvalue weighted by Gasteiger charge is -2.07. The second-order valence-electron chi connectivity index (χ2n) is 4.01. The minimum atomic E-state index is -0.390. The van der Waals surface area contributed by atoms with Crippen molar-refractivity contribution in [1.29, 1.82) is 0 Å². The van der Waals surface area contributed by atoms with Crippen molar-refractivity contribution in [1.82, 2.24) is 9.97 Å². The van der Waals surface area contributed by atoms with Crippen LogP contribution >= 0.6 is 0 Å². The van der Waals surface area contributed by atoms with Crippen molar-refractivity contribution in [3.63, 3.8) is 0 Å². The lowest BCUT2D eigenvalue weighted by molar-refractivity contribution is -0.384. The largest absolute Gasteiger partial charge is 0.280 e. The molecule has 3 rings (SSSR count). The van der Waals surface area contributed by atoms with Crippen molar-refractivity contribution >= 4 is 11.8 Å². The first-order chi connectivity index (χ1) is 8.77. The van der Waals surface area contributed by atoms with Gasteiger partial charge in [0.15, 0.2) is 0 Å². The average molecular weight is 239 g/mol. The van der Waals surface area contributed by atoms with Crippen molar-refractivity contribution in [2.24, 2.45) is 0 Å². The standard InChI is InChI=1S/C13H9N3O2/c17-16(18)13-4-5-14-8-12(13)11-7-15-6-9-2-1-3-10(9)11/h1-2,4-8H,3H2. The summed E-state index contributed by atoms with van der Waals surface area (Å²) in [6.45, 7) is 0. The first-order valence-electron chi connectivity index (χ1n) is 5.49. The van der Waals surface area contributed by atoms with E-state index in [1.54, 1.807) is 12.4 Å². The predicted molar refractivity (Wildman–Crippen MR) is 66.9 cm³/mol. The molecular weight excluding hydrogens is 230 g/mol. The summed E-state index contributed by atoms with van der Waals surface area (Å²) in [6.07, 6.45) is 11.2. The molecule has 18 heavy (non-hydrogen) atoms. The first-order valence-corrected chi connectivity index (χ1v) is 5.49. The van der Waals surface area contributed by atoms with Crippen molar-refractivity contribution in [2.75, 3.05) is 0 Å². The van der Waals surface area contributed by atoms with Crippen LogP contribution in [0, 0.1) is 10.1 Å². The van der Waals surface area contributed by atoms with Gasteiger partial charge in [0, 0.05) is 36.4 Å². The summed E-state index contributed by atoms with van der Waals surface area (Å²) in [5, 5.41) is 11.0. The maximum atomic E-state index is 11.0. The first kappa shape index (κ1) is 10.6. The molecule has 0 spiro atoms. The lowest BCUT2D eigenvalue weighted by Crippen LogP contribution is -1.96. The third kappa shape index (κ3) is 1.57. The normalized spacial score (nSPS) is 12.4. The third-order valence-corrected chi connectivity index (χ3v) is 3.00. The maximum Gasteiger partial charge on any atom is 0.280 e. The van der Waals surface area contributed by atoms with Crippen LogP contribution < -0.4 is 0 Å². The highest BCUT2D eigenvalue weighted by Crippen LogP contribution is 2.34.